The Kier molecular flexibility index (Phi) is 6.44. The van der Waals surface area contributed by atoms with Crippen molar-refractivity contribution < 1.29 is 14.4 Å². The number of benzene rings is 1. The number of imidazole rings is 1. The van der Waals surface area contributed by atoms with Gasteiger partial charge in [-0.15, -0.1) is 0 Å². The van der Waals surface area contributed by atoms with E-state index < -0.39 is 6.10 Å². The van der Waals surface area contributed by atoms with Crippen molar-refractivity contribution in [1.29, 1.82) is 0 Å². The zero-order chi connectivity index (χ0) is 22.6. The van der Waals surface area contributed by atoms with E-state index in [9.17, 15) is 5.11 Å². The first-order valence-corrected chi connectivity index (χ1v) is 11.5. The van der Waals surface area contributed by atoms with Gasteiger partial charge in [-0.3, -0.25) is 4.90 Å². The van der Waals surface area contributed by atoms with Gasteiger partial charge in [0.15, 0.2) is 0 Å². The number of hydrogen-bond donors (Lipinski definition) is 1. The molecule has 2 aliphatic heterocycles. The molecule has 0 unspecified atom stereocenters. The molecule has 2 fully saturated rings. The summed E-state index contributed by atoms with van der Waals surface area (Å²) in [4.78, 5) is 9.16. The summed E-state index contributed by atoms with van der Waals surface area (Å²) < 4.78 is 12.5. The zero-order valence-electron chi connectivity index (χ0n) is 18.9. The SMILES string of the molecule is C[C@H](O)c1nccn1Cc1cc(C#Cc2ccc(N3CCN(CC4COC4)CC3)cc2)on1. The average Bonchev–Trinajstić information content (AvgIpc) is 3.45. The van der Waals surface area contributed by atoms with Crippen LogP contribution in [0.4, 0.5) is 5.69 Å². The summed E-state index contributed by atoms with van der Waals surface area (Å²) in [5, 5.41) is 13.9. The van der Waals surface area contributed by atoms with Crippen LogP contribution in [-0.4, -0.2) is 70.7 Å². The third-order valence-corrected chi connectivity index (χ3v) is 6.17. The molecule has 0 amide bonds. The van der Waals surface area contributed by atoms with E-state index in [0.29, 0.717) is 18.1 Å². The van der Waals surface area contributed by atoms with Gasteiger partial charge in [-0.1, -0.05) is 11.1 Å². The molecule has 0 bridgehead atoms. The molecule has 2 aliphatic rings. The quantitative estimate of drug-likeness (QED) is 0.580. The van der Waals surface area contributed by atoms with Crippen LogP contribution in [0, 0.1) is 17.8 Å². The van der Waals surface area contributed by atoms with Crippen LogP contribution in [0.25, 0.3) is 0 Å². The van der Waals surface area contributed by atoms with Crippen molar-refractivity contribution >= 4 is 5.69 Å². The number of rotatable bonds is 6. The molecule has 0 spiro atoms. The molecular weight excluding hydrogens is 418 g/mol. The highest BCUT2D eigenvalue weighted by Gasteiger charge is 2.24. The van der Waals surface area contributed by atoms with E-state index in [1.165, 1.54) is 5.69 Å². The van der Waals surface area contributed by atoms with Crippen molar-refractivity contribution in [3.8, 4) is 11.8 Å². The van der Waals surface area contributed by atoms with Gasteiger partial charge in [0.1, 0.15) is 17.6 Å². The Morgan fingerprint density at radius 3 is 2.61 bits per heavy atom. The Hall–Kier alpha value is -3.12. The summed E-state index contributed by atoms with van der Waals surface area (Å²) in [5.41, 5.74) is 2.91. The number of piperazine rings is 1. The first-order valence-electron chi connectivity index (χ1n) is 11.5. The van der Waals surface area contributed by atoms with E-state index in [4.69, 9.17) is 9.26 Å². The molecule has 1 aromatic carbocycles. The van der Waals surface area contributed by atoms with Gasteiger partial charge >= 0.3 is 0 Å². The fraction of sp³-hybridized carbons (Fsp3) is 0.440. The van der Waals surface area contributed by atoms with Crippen LogP contribution in [0.15, 0.2) is 47.2 Å². The highest BCUT2D eigenvalue weighted by Crippen LogP contribution is 2.19. The van der Waals surface area contributed by atoms with E-state index >= 15 is 0 Å². The molecule has 0 radical (unpaired) electrons. The van der Waals surface area contributed by atoms with Crippen LogP contribution < -0.4 is 4.90 Å². The van der Waals surface area contributed by atoms with E-state index in [0.717, 1.165) is 63.1 Å². The zero-order valence-corrected chi connectivity index (χ0v) is 18.9. The Morgan fingerprint density at radius 1 is 1.12 bits per heavy atom. The molecule has 8 heteroatoms. The van der Waals surface area contributed by atoms with Gasteiger partial charge in [0.25, 0.3) is 0 Å². The maximum Gasteiger partial charge on any atom is 0.210 e. The highest BCUT2D eigenvalue weighted by atomic mass is 16.5. The van der Waals surface area contributed by atoms with Crippen LogP contribution in [-0.2, 0) is 11.3 Å². The lowest BCUT2D eigenvalue weighted by Gasteiger charge is -2.39. The number of aliphatic hydroxyl groups is 1. The number of hydrogen-bond acceptors (Lipinski definition) is 7. The van der Waals surface area contributed by atoms with Gasteiger partial charge in [0, 0.05) is 68.4 Å². The number of aliphatic hydroxyl groups excluding tert-OH is 1. The lowest BCUT2D eigenvalue weighted by Crippen LogP contribution is -2.50. The van der Waals surface area contributed by atoms with E-state index in [1.807, 2.05) is 16.8 Å². The number of ether oxygens (including phenoxy) is 1. The van der Waals surface area contributed by atoms with Crippen molar-refractivity contribution in [1.82, 2.24) is 19.6 Å². The minimum atomic E-state index is -0.638. The molecule has 3 aromatic rings. The standard InChI is InChI=1S/C25H29N5O3/c1-19(31)25-26-8-9-30(25)16-22-14-24(33-27-22)7-4-20-2-5-23(6-3-20)29-12-10-28(11-13-29)15-21-17-32-18-21/h2-3,5-6,8-9,14,19,21,31H,10-13,15-18H2,1H3/t19-/m0/s1. The fourth-order valence-corrected chi connectivity index (χ4v) is 4.28. The predicted molar refractivity (Wildman–Crippen MR) is 124 cm³/mol. The molecule has 1 atom stereocenters. The molecule has 0 aliphatic carbocycles. The average molecular weight is 448 g/mol. The molecule has 0 saturated carbocycles. The fourth-order valence-electron chi connectivity index (χ4n) is 4.28. The monoisotopic (exact) mass is 447 g/mol. The number of aromatic nitrogens is 3. The summed E-state index contributed by atoms with van der Waals surface area (Å²) in [6, 6.07) is 10.2. The van der Waals surface area contributed by atoms with E-state index in [-0.39, 0.29) is 0 Å². The van der Waals surface area contributed by atoms with Gasteiger partial charge in [-0.05, 0) is 37.1 Å². The lowest BCUT2D eigenvalue weighted by atomic mass is 10.1. The molecule has 1 N–H and O–H groups in total. The largest absolute Gasteiger partial charge is 0.385 e. The molecular formula is C25H29N5O3. The molecule has 2 saturated heterocycles. The number of nitrogens with zero attached hydrogens (tertiary/aromatic N) is 5. The summed E-state index contributed by atoms with van der Waals surface area (Å²) in [6.07, 6.45) is 2.84. The van der Waals surface area contributed by atoms with Crippen LogP contribution in [0.5, 0.6) is 0 Å². The Morgan fingerprint density at radius 2 is 1.91 bits per heavy atom. The van der Waals surface area contributed by atoms with Crippen molar-refractivity contribution in [2.24, 2.45) is 5.92 Å². The second-order valence-electron chi connectivity index (χ2n) is 8.76. The first-order chi connectivity index (χ1) is 16.1. The predicted octanol–water partition coefficient (Wildman–Crippen LogP) is 2.14. The second kappa shape index (κ2) is 9.79. The topological polar surface area (TPSA) is 79.8 Å². The minimum Gasteiger partial charge on any atom is -0.385 e. The summed E-state index contributed by atoms with van der Waals surface area (Å²) in [6.45, 7) is 9.47. The second-order valence-corrected chi connectivity index (χ2v) is 8.76. The highest BCUT2D eigenvalue weighted by molar-refractivity contribution is 5.51. The Labute approximate surface area is 193 Å². The minimum absolute atomic E-state index is 0.474. The van der Waals surface area contributed by atoms with Crippen LogP contribution >= 0.6 is 0 Å². The van der Waals surface area contributed by atoms with Crippen molar-refractivity contribution in [2.75, 3.05) is 50.8 Å². The van der Waals surface area contributed by atoms with Gasteiger partial charge in [-0.2, -0.15) is 0 Å². The van der Waals surface area contributed by atoms with E-state index in [2.05, 4.69) is 56.0 Å². The van der Waals surface area contributed by atoms with Crippen molar-refractivity contribution in [3.63, 3.8) is 0 Å². The third-order valence-electron chi connectivity index (χ3n) is 6.17. The van der Waals surface area contributed by atoms with Gasteiger partial charge in [-0.25, -0.2) is 4.98 Å². The van der Waals surface area contributed by atoms with Gasteiger partial charge in [0.05, 0.1) is 19.8 Å². The molecule has 2 aromatic heterocycles. The van der Waals surface area contributed by atoms with Crippen LogP contribution in [0.2, 0.25) is 0 Å². The van der Waals surface area contributed by atoms with Gasteiger partial charge < -0.3 is 23.8 Å². The smallest absolute Gasteiger partial charge is 0.210 e. The van der Waals surface area contributed by atoms with E-state index in [1.54, 1.807) is 13.1 Å². The lowest BCUT2D eigenvalue weighted by molar-refractivity contribution is -0.0468. The summed E-state index contributed by atoms with van der Waals surface area (Å²) in [7, 11) is 0. The van der Waals surface area contributed by atoms with Crippen molar-refractivity contribution in [2.45, 2.75) is 19.6 Å². The van der Waals surface area contributed by atoms with Crippen LogP contribution in [0.1, 0.15) is 35.9 Å². The molecule has 5 rings (SSSR count). The maximum absolute atomic E-state index is 9.79. The molecule has 4 heterocycles. The molecule has 172 valence electrons. The summed E-state index contributed by atoms with van der Waals surface area (Å²) in [5.74, 6) is 8.04. The third kappa shape index (κ3) is 5.28. The maximum atomic E-state index is 9.79. The van der Waals surface area contributed by atoms with Crippen molar-refractivity contribution in [3.05, 3.63) is 65.6 Å². The normalized spacial score (nSPS) is 17.9. The Balaban J connectivity index is 1.15. The molecule has 33 heavy (non-hydrogen) atoms. The van der Waals surface area contributed by atoms with Gasteiger partial charge in [0.2, 0.25) is 5.76 Å². The summed E-state index contributed by atoms with van der Waals surface area (Å²) >= 11 is 0. The first kappa shape index (κ1) is 21.7. The molecule has 8 nitrogen and oxygen atoms in total. The number of anilines is 1. The Bertz CT molecular complexity index is 1110. The van der Waals surface area contributed by atoms with Crippen LogP contribution in [0.3, 0.4) is 0 Å².